The van der Waals surface area contributed by atoms with Gasteiger partial charge in [-0.15, -0.1) is 0 Å². The van der Waals surface area contributed by atoms with Crippen LogP contribution in [0.1, 0.15) is 27.8 Å². The van der Waals surface area contributed by atoms with Crippen LogP contribution in [0, 0.1) is 20.8 Å². The van der Waals surface area contributed by atoms with E-state index in [1.54, 1.807) is 25.3 Å². The van der Waals surface area contributed by atoms with Crippen LogP contribution >= 0.6 is 11.6 Å². The summed E-state index contributed by atoms with van der Waals surface area (Å²) in [6.07, 6.45) is 0. The van der Waals surface area contributed by atoms with Crippen LogP contribution < -0.4 is 10.1 Å². The fraction of sp³-hybridized carbons (Fsp3) is 0.185. The van der Waals surface area contributed by atoms with Crippen molar-refractivity contribution in [2.24, 2.45) is 0 Å². The number of methoxy groups -OCH3 is 1. The molecule has 1 N–H and O–H groups in total. The summed E-state index contributed by atoms with van der Waals surface area (Å²) in [5.41, 5.74) is 5.77. The molecule has 0 fully saturated rings. The molecule has 3 aromatic rings. The molecule has 0 radical (unpaired) electrons. The molecule has 0 bridgehead atoms. The van der Waals surface area contributed by atoms with Gasteiger partial charge in [-0.3, -0.25) is 14.5 Å². The molecule has 0 aliphatic carbocycles. The van der Waals surface area contributed by atoms with Crippen LogP contribution in [0.3, 0.4) is 0 Å². The van der Waals surface area contributed by atoms with Crippen LogP contribution in [0.15, 0.2) is 66.4 Å². The molecule has 1 aliphatic heterocycles. The van der Waals surface area contributed by atoms with Gasteiger partial charge in [0.1, 0.15) is 11.4 Å². The van der Waals surface area contributed by atoms with Crippen LogP contribution in [0.5, 0.6) is 5.75 Å². The Balaban J connectivity index is 1.81. The largest absolute Gasteiger partial charge is 0.495 e. The number of carbonyl (C=O) groups excluding carboxylic acids is 2. The van der Waals surface area contributed by atoms with Crippen LogP contribution in [0.2, 0.25) is 5.02 Å². The first-order valence-electron chi connectivity index (χ1n) is 10.6. The van der Waals surface area contributed by atoms with E-state index in [1.807, 2.05) is 63.2 Å². The van der Waals surface area contributed by atoms with Gasteiger partial charge in [-0.25, -0.2) is 0 Å². The Bertz CT molecular complexity index is 1280. The molecule has 4 rings (SSSR count). The monoisotopic (exact) mass is 460 g/mol. The quantitative estimate of drug-likeness (QED) is 0.482. The summed E-state index contributed by atoms with van der Waals surface area (Å²) in [6, 6.07) is 18.7. The molecule has 0 saturated carbocycles. The number of hydrogen-bond acceptors (Lipinski definition) is 4. The second-order valence-corrected chi connectivity index (χ2v) is 8.66. The number of halogens is 1. The molecular formula is C27H25ClN2O3. The van der Waals surface area contributed by atoms with Crippen molar-refractivity contribution in [1.29, 1.82) is 0 Å². The number of nitrogens with zero attached hydrogens (tertiary/aromatic N) is 1. The third-order valence-corrected chi connectivity index (χ3v) is 5.94. The molecule has 0 atom stereocenters. The summed E-state index contributed by atoms with van der Waals surface area (Å²) >= 11 is 6.20. The average Bonchev–Trinajstić information content (AvgIpc) is 3.00. The summed E-state index contributed by atoms with van der Waals surface area (Å²) < 4.78 is 5.43. The number of benzene rings is 3. The fourth-order valence-corrected chi connectivity index (χ4v) is 4.14. The number of carbonyl (C=O) groups is 2. The molecule has 6 heteroatoms. The number of ether oxygens (including phenoxy) is 1. The number of hydrogen-bond donors (Lipinski definition) is 1. The van der Waals surface area contributed by atoms with E-state index in [2.05, 4.69) is 5.32 Å². The van der Waals surface area contributed by atoms with E-state index < -0.39 is 5.91 Å². The van der Waals surface area contributed by atoms with Crippen molar-refractivity contribution in [3.05, 3.63) is 99.2 Å². The lowest BCUT2D eigenvalue weighted by Gasteiger charge is -2.16. The van der Waals surface area contributed by atoms with Crippen molar-refractivity contribution < 1.29 is 14.3 Å². The zero-order valence-corrected chi connectivity index (χ0v) is 19.8. The molecule has 2 amide bonds. The molecule has 0 saturated heterocycles. The van der Waals surface area contributed by atoms with Crippen molar-refractivity contribution in [3.8, 4) is 5.75 Å². The first kappa shape index (κ1) is 22.6. The maximum Gasteiger partial charge on any atom is 0.278 e. The Labute approximate surface area is 198 Å². The van der Waals surface area contributed by atoms with Gasteiger partial charge in [0.15, 0.2) is 0 Å². The Kier molecular flexibility index (Phi) is 6.25. The summed E-state index contributed by atoms with van der Waals surface area (Å²) in [6.45, 7) is 6.11. The molecule has 0 aromatic heterocycles. The van der Waals surface area contributed by atoms with Crippen molar-refractivity contribution in [2.45, 2.75) is 27.3 Å². The first-order valence-corrected chi connectivity index (χ1v) is 11.0. The van der Waals surface area contributed by atoms with Crippen LogP contribution in [-0.4, -0.2) is 23.8 Å². The summed E-state index contributed by atoms with van der Waals surface area (Å²) in [5.74, 6) is -0.210. The Hall–Kier alpha value is -3.57. The van der Waals surface area contributed by atoms with Crippen LogP contribution in [-0.2, 0) is 16.1 Å². The molecule has 0 unspecified atom stereocenters. The molecule has 1 aliphatic rings. The highest BCUT2D eigenvalue weighted by atomic mass is 35.5. The third kappa shape index (κ3) is 4.50. The van der Waals surface area contributed by atoms with Crippen molar-refractivity contribution in [1.82, 2.24) is 4.90 Å². The van der Waals surface area contributed by atoms with E-state index in [1.165, 1.54) is 4.90 Å². The maximum absolute atomic E-state index is 13.6. The predicted molar refractivity (Wildman–Crippen MR) is 131 cm³/mol. The van der Waals surface area contributed by atoms with E-state index in [0.717, 1.165) is 22.3 Å². The van der Waals surface area contributed by atoms with E-state index in [-0.39, 0.29) is 18.1 Å². The molecule has 33 heavy (non-hydrogen) atoms. The normalized spacial score (nSPS) is 13.7. The molecule has 5 nitrogen and oxygen atoms in total. The van der Waals surface area contributed by atoms with Crippen molar-refractivity contribution in [3.63, 3.8) is 0 Å². The lowest BCUT2D eigenvalue weighted by molar-refractivity contribution is -0.137. The first-order chi connectivity index (χ1) is 15.8. The Morgan fingerprint density at radius 3 is 2.24 bits per heavy atom. The Morgan fingerprint density at radius 1 is 0.879 bits per heavy atom. The molecule has 3 aromatic carbocycles. The third-order valence-electron chi connectivity index (χ3n) is 5.70. The maximum atomic E-state index is 13.6. The fourth-order valence-electron chi connectivity index (χ4n) is 3.97. The van der Waals surface area contributed by atoms with Crippen molar-refractivity contribution in [2.75, 3.05) is 12.4 Å². The topological polar surface area (TPSA) is 58.6 Å². The van der Waals surface area contributed by atoms with E-state index in [9.17, 15) is 9.59 Å². The van der Waals surface area contributed by atoms with Gasteiger partial charge in [-0.1, -0.05) is 65.2 Å². The minimum Gasteiger partial charge on any atom is -0.495 e. The van der Waals surface area contributed by atoms with E-state index in [4.69, 9.17) is 16.3 Å². The second-order valence-electron chi connectivity index (χ2n) is 8.22. The predicted octanol–water partition coefficient (Wildman–Crippen LogP) is 5.67. The van der Waals surface area contributed by atoms with Gasteiger partial charge >= 0.3 is 0 Å². The zero-order valence-electron chi connectivity index (χ0n) is 19.0. The van der Waals surface area contributed by atoms with Gasteiger partial charge in [0, 0.05) is 5.02 Å². The second kappa shape index (κ2) is 9.12. The SMILES string of the molecule is COc1ccc(Cl)cc1NC1=C(c2ccc(C)cc2C)C(=O)N(Cc2ccc(C)cc2)C1=O. The van der Waals surface area contributed by atoms with Gasteiger partial charge in [0.25, 0.3) is 11.8 Å². The minimum absolute atomic E-state index is 0.185. The zero-order chi connectivity index (χ0) is 23.7. The van der Waals surface area contributed by atoms with Crippen LogP contribution in [0.4, 0.5) is 5.69 Å². The average molecular weight is 461 g/mol. The number of amides is 2. The highest BCUT2D eigenvalue weighted by molar-refractivity contribution is 6.37. The van der Waals surface area contributed by atoms with E-state index in [0.29, 0.717) is 27.6 Å². The minimum atomic E-state index is -0.391. The summed E-state index contributed by atoms with van der Waals surface area (Å²) in [4.78, 5) is 28.4. The number of anilines is 1. The molecule has 0 spiro atoms. The van der Waals surface area contributed by atoms with Gasteiger partial charge in [0.2, 0.25) is 0 Å². The smallest absolute Gasteiger partial charge is 0.278 e. The molecule has 168 valence electrons. The summed E-state index contributed by atoms with van der Waals surface area (Å²) in [5, 5.41) is 3.64. The highest BCUT2D eigenvalue weighted by Crippen LogP contribution is 2.36. The van der Waals surface area contributed by atoms with Gasteiger partial charge in [-0.2, -0.15) is 0 Å². The van der Waals surface area contributed by atoms with Gasteiger partial charge in [-0.05, 0) is 55.7 Å². The number of nitrogens with one attached hydrogen (secondary N) is 1. The lowest BCUT2D eigenvalue weighted by atomic mass is 9.97. The van der Waals surface area contributed by atoms with Crippen molar-refractivity contribution >= 4 is 34.7 Å². The lowest BCUT2D eigenvalue weighted by Crippen LogP contribution is -2.32. The van der Waals surface area contributed by atoms with Crippen LogP contribution in [0.25, 0.3) is 5.57 Å². The number of aryl methyl sites for hydroxylation is 3. The summed E-state index contributed by atoms with van der Waals surface area (Å²) in [7, 11) is 1.54. The number of imide groups is 1. The van der Waals surface area contributed by atoms with E-state index >= 15 is 0 Å². The number of rotatable bonds is 6. The molecule has 1 heterocycles. The van der Waals surface area contributed by atoms with Gasteiger partial charge in [0.05, 0.1) is 24.9 Å². The highest BCUT2D eigenvalue weighted by Gasteiger charge is 2.40. The van der Waals surface area contributed by atoms with Gasteiger partial charge < -0.3 is 10.1 Å². The standard InChI is InChI=1S/C27H25ClN2O3/c1-16-5-8-19(9-6-16)15-30-26(31)24(21-11-7-17(2)13-18(21)3)25(27(30)32)29-22-14-20(28)10-12-23(22)33-4/h5-14,29H,15H2,1-4H3. The molecular weight excluding hydrogens is 436 g/mol. The Morgan fingerprint density at radius 2 is 1.58 bits per heavy atom.